The maximum absolute atomic E-state index is 13.0. The van der Waals surface area contributed by atoms with Gasteiger partial charge in [0, 0.05) is 17.5 Å². The number of phenolic OH excluding ortho intramolecular Hbond substituents is 1. The lowest BCUT2D eigenvalue weighted by molar-refractivity contribution is -0.384. The molecule has 4 nitrogen and oxygen atoms in total. The Kier molecular flexibility index (Phi) is 2.00. The summed E-state index contributed by atoms with van der Waals surface area (Å²) in [5.74, 6) is -1.35. The number of aromatic hydroxyl groups is 1. The molecule has 0 aliphatic carbocycles. The minimum Gasteiger partial charge on any atom is -0.504 e. The lowest BCUT2D eigenvalue weighted by Crippen LogP contribution is -1.88. The number of phenols is 1. The van der Waals surface area contributed by atoms with Gasteiger partial charge < -0.3 is 5.11 Å². The number of nitro groups is 1. The van der Waals surface area contributed by atoms with E-state index in [1.165, 1.54) is 18.2 Å². The first kappa shape index (κ1) is 9.39. The van der Waals surface area contributed by atoms with E-state index in [1.807, 2.05) is 0 Å². The fourth-order valence-corrected chi connectivity index (χ4v) is 1.38. The van der Waals surface area contributed by atoms with Crippen molar-refractivity contribution in [3.63, 3.8) is 0 Å². The van der Waals surface area contributed by atoms with Crippen LogP contribution < -0.4 is 0 Å². The molecule has 0 unspecified atom stereocenters. The number of nitro benzene ring substituents is 1. The highest BCUT2D eigenvalue weighted by molar-refractivity contribution is 5.90. The number of non-ortho nitro benzene ring substituents is 1. The Morgan fingerprint density at radius 1 is 1.27 bits per heavy atom. The molecular weight excluding hydrogens is 201 g/mol. The summed E-state index contributed by atoms with van der Waals surface area (Å²) in [6, 6.07) is 6.48. The zero-order valence-electron chi connectivity index (χ0n) is 7.48. The van der Waals surface area contributed by atoms with E-state index < -0.39 is 16.5 Å². The van der Waals surface area contributed by atoms with Crippen LogP contribution in [-0.2, 0) is 0 Å². The molecular formula is C10H6FNO3. The minimum atomic E-state index is -0.789. The maximum Gasteiger partial charge on any atom is 0.270 e. The first-order valence-corrected chi connectivity index (χ1v) is 4.15. The van der Waals surface area contributed by atoms with Gasteiger partial charge in [0.05, 0.1) is 4.92 Å². The Balaban J connectivity index is 2.79. The number of hydrogen-bond acceptors (Lipinski definition) is 3. The van der Waals surface area contributed by atoms with Crippen LogP contribution in [0, 0.1) is 15.9 Å². The Bertz CT molecular complexity index is 554. The second-order valence-electron chi connectivity index (χ2n) is 3.06. The standard InChI is InChI=1S/C10H6FNO3/c11-9-4-2-6-1-3-7(12(14)15)5-8(6)10(9)13/h1-5,13H. The lowest BCUT2D eigenvalue weighted by atomic mass is 10.1. The molecule has 0 aliphatic heterocycles. The van der Waals surface area contributed by atoms with Gasteiger partial charge in [0.2, 0.25) is 0 Å². The second kappa shape index (κ2) is 3.20. The van der Waals surface area contributed by atoms with Crippen molar-refractivity contribution in [3.05, 3.63) is 46.3 Å². The highest BCUT2D eigenvalue weighted by Crippen LogP contribution is 2.30. The molecule has 0 aliphatic rings. The second-order valence-corrected chi connectivity index (χ2v) is 3.06. The van der Waals surface area contributed by atoms with Crippen LogP contribution in [0.25, 0.3) is 10.8 Å². The van der Waals surface area contributed by atoms with Crippen LogP contribution >= 0.6 is 0 Å². The SMILES string of the molecule is O=[N+]([O-])c1ccc2ccc(F)c(O)c2c1. The molecule has 1 N–H and O–H groups in total. The molecule has 0 spiro atoms. The molecule has 0 fully saturated rings. The normalized spacial score (nSPS) is 10.5. The van der Waals surface area contributed by atoms with E-state index in [-0.39, 0.29) is 11.1 Å². The first-order valence-electron chi connectivity index (χ1n) is 4.15. The van der Waals surface area contributed by atoms with Gasteiger partial charge in [-0.1, -0.05) is 6.07 Å². The average Bonchev–Trinajstić information content (AvgIpc) is 2.23. The highest BCUT2D eigenvalue weighted by Gasteiger charge is 2.11. The Labute approximate surface area is 83.7 Å². The molecule has 0 saturated heterocycles. The lowest BCUT2D eigenvalue weighted by Gasteiger charge is -2.01. The Morgan fingerprint density at radius 3 is 2.60 bits per heavy atom. The van der Waals surface area contributed by atoms with E-state index in [4.69, 9.17) is 0 Å². The van der Waals surface area contributed by atoms with Gasteiger partial charge in [0.25, 0.3) is 5.69 Å². The monoisotopic (exact) mass is 207 g/mol. The number of rotatable bonds is 1. The Morgan fingerprint density at radius 2 is 1.93 bits per heavy atom. The van der Waals surface area contributed by atoms with Crippen LogP contribution in [0.4, 0.5) is 10.1 Å². The fourth-order valence-electron chi connectivity index (χ4n) is 1.38. The van der Waals surface area contributed by atoms with E-state index in [1.54, 1.807) is 0 Å². The van der Waals surface area contributed by atoms with Crippen molar-refractivity contribution in [1.82, 2.24) is 0 Å². The quantitative estimate of drug-likeness (QED) is 0.577. The maximum atomic E-state index is 13.0. The summed E-state index contributed by atoms with van der Waals surface area (Å²) < 4.78 is 13.0. The number of nitrogens with zero attached hydrogens (tertiary/aromatic N) is 1. The summed E-state index contributed by atoms with van der Waals surface area (Å²) in [4.78, 5) is 9.88. The van der Waals surface area contributed by atoms with Crippen molar-refractivity contribution in [2.45, 2.75) is 0 Å². The summed E-state index contributed by atoms with van der Waals surface area (Å²) >= 11 is 0. The van der Waals surface area contributed by atoms with E-state index in [0.29, 0.717) is 5.39 Å². The van der Waals surface area contributed by atoms with Crippen LogP contribution in [-0.4, -0.2) is 10.0 Å². The van der Waals surface area contributed by atoms with Gasteiger partial charge in [-0.2, -0.15) is 0 Å². The van der Waals surface area contributed by atoms with Gasteiger partial charge in [-0.15, -0.1) is 0 Å². The Hall–Kier alpha value is -2.17. The third-order valence-corrected chi connectivity index (χ3v) is 2.14. The number of halogens is 1. The smallest absolute Gasteiger partial charge is 0.270 e. The number of hydrogen-bond donors (Lipinski definition) is 1. The van der Waals surface area contributed by atoms with E-state index in [0.717, 1.165) is 12.1 Å². The van der Waals surface area contributed by atoms with E-state index in [9.17, 15) is 19.6 Å². The summed E-state index contributed by atoms with van der Waals surface area (Å²) in [6.07, 6.45) is 0. The molecule has 0 radical (unpaired) electrons. The van der Waals surface area contributed by atoms with Crippen molar-refractivity contribution in [2.24, 2.45) is 0 Å². The number of benzene rings is 2. The van der Waals surface area contributed by atoms with Crippen molar-refractivity contribution >= 4 is 16.5 Å². The molecule has 15 heavy (non-hydrogen) atoms. The molecule has 5 heteroatoms. The van der Waals surface area contributed by atoms with Crippen LogP contribution in [0.1, 0.15) is 0 Å². The largest absolute Gasteiger partial charge is 0.504 e. The summed E-state index contributed by atoms with van der Waals surface area (Å²) in [5.41, 5.74) is -0.177. The summed E-state index contributed by atoms with van der Waals surface area (Å²) in [7, 11) is 0. The van der Waals surface area contributed by atoms with Gasteiger partial charge in [0.15, 0.2) is 11.6 Å². The summed E-state index contributed by atoms with van der Waals surface area (Å²) in [6.45, 7) is 0. The first-order chi connectivity index (χ1) is 7.09. The van der Waals surface area contributed by atoms with E-state index in [2.05, 4.69) is 0 Å². The van der Waals surface area contributed by atoms with Crippen LogP contribution in [0.3, 0.4) is 0 Å². The van der Waals surface area contributed by atoms with Crippen molar-refractivity contribution < 1.29 is 14.4 Å². The van der Waals surface area contributed by atoms with Crippen LogP contribution in [0.5, 0.6) is 5.75 Å². The van der Waals surface area contributed by atoms with Gasteiger partial charge >= 0.3 is 0 Å². The van der Waals surface area contributed by atoms with Crippen molar-refractivity contribution in [1.29, 1.82) is 0 Å². The molecule has 2 rings (SSSR count). The molecule has 2 aromatic carbocycles. The van der Waals surface area contributed by atoms with Crippen LogP contribution in [0.15, 0.2) is 30.3 Å². The van der Waals surface area contributed by atoms with Crippen molar-refractivity contribution in [3.8, 4) is 5.75 Å². The molecule has 0 amide bonds. The summed E-state index contributed by atoms with van der Waals surface area (Å²) in [5, 5.41) is 20.5. The van der Waals surface area contributed by atoms with Gasteiger partial charge in [-0.05, 0) is 17.5 Å². The van der Waals surface area contributed by atoms with E-state index >= 15 is 0 Å². The predicted octanol–water partition coefficient (Wildman–Crippen LogP) is 2.59. The highest BCUT2D eigenvalue weighted by atomic mass is 19.1. The molecule has 76 valence electrons. The molecule has 0 aromatic heterocycles. The zero-order chi connectivity index (χ0) is 11.0. The van der Waals surface area contributed by atoms with Gasteiger partial charge in [-0.25, -0.2) is 4.39 Å². The van der Waals surface area contributed by atoms with Crippen molar-refractivity contribution in [2.75, 3.05) is 0 Å². The average molecular weight is 207 g/mol. The third kappa shape index (κ3) is 1.48. The fraction of sp³-hybridized carbons (Fsp3) is 0. The molecule has 0 heterocycles. The van der Waals surface area contributed by atoms with Gasteiger partial charge in [-0.3, -0.25) is 10.1 Å². The minimum absolute atomic E-state index is 0.143. The van der Waals surface area contributed by atoms with Gasteiger partial charge in [0.1, 0.15) is 0 Å². The zero-order valence-corrected chi connectivity index (χ0v) is 7.48. The molecule has 0 bridgehead atoms. The molecule has 2 aromatic rings. The predicted molar refractivity (Wildman–Crippen MR) is 52.2 cm³/mol. The number of fused-ring (bicyclic) bond motifs is 1. The molecule has 0 saturated carbocycles. The third-order valence-electron chi connectivity index (χ3n) is 2.14. The topological polar surface area (TPSA) is 63.4 Å². The van der Waals surface area contributed by atoms with Crippen LogP contribution in [0.2, 0.25) is 0 Å². The molecule has 0 atom stereocenters.